The first-order chi connectivity index (χ1) is 24.8. The molecule has 1 amide bonds. The van der Waals surface area contributed by atoms with E-state index in [2.05, 4.69) is 30.6 Å². The molecule has 0 radical (unpaired) electrons. The molecular weight excluding hydrogens is 671 g/mol. The van der Waals surface area contributed by atoms with Gasteiger partial charge in [-0.15, -0.1) is 0 Å². The van der Waals surface area contributed by atoms with Crippen molar-refractivity contribution in [2.24, 2.45) is 23.2 Å². The fraction of sp³-hybridized carbons (Fsp3) is 0.333. The minimum atomic E-state index is -4.60. The summed E-state index contributed by atoms with van der Waals surface area (Å²) >= 11 is 0. The van der Waals surface area contributed by atoms with Gasteiger partial charge in [0.25, 0.3) is 5.91 Å². The molecule has 3 N–H and O–H groups in total. The van der Waals surface area contributed by atoms with Gasteiger partial charge in [0.05, 0.1) is 28.7 Å². The molecule has 0 unspecified atom stereocenters. The van der Waals surface area contributed by atoms with Crippen LogP contribution in [-0.2, 0) is 11.0 Å². The number of amides is 1. The van der Waals surface area contributed by atoms with Crippen LogP contribution in [0.5, 0.6) is 0 Å². The largest absolute Gasteiger partial charge is 0.481 e. The highest BCUT2D eigenvalue weighted by molar-refractivity contribution is 6.05. The lowest BCUT2D eigenvalue weighted by Crippen LogP contribution is -2.49. The van der Waals surface area contributed by atoms with E-state index in [-0.39, 0.29) is 22.4 Å². The molecule has 9 rings (SSSR count). The van der Waals surface area contributed by atoms with Gasteiger partial charge in [-0.05, 0) is 124 Å². The van der Waals surface area contributed by atoms with Crippen molar-refractivity contribution in [3.63, 3.8) is 0 Å². The first kappa shape index (κ1) is 34.8. The first-order valence-electron chi connectivity index (χ1n) is 17.2. The second kappa shape index (κ2) is 13.9. The maximum absolute atomic E-state index is 13.6. The lowest BCUT2D eigenvalue weighted by atomic mass is 9.49. The molecule has 0 aliphatic heterocycles. The van der Waals surface area contributed by atoms with Crippen molar-refractivity contribution in [3.05, 3.63) is 108 Å². The Morgan fingerprint density at radius 1 is 0.923 bits per heavy atom. The second-order valence-electron chi connectivity index (χ2n) is 14.3. The number of carbonyl (C=O) groups excluding carboxylic acids is 1. The average Bonchev–Trinajstić information content (AvgIpc) is 3.55. The Morgan fingerprint density at radius 2 is 1.65 bits per heavy atom. The number of hydrogen-bond acceptors (Lipinski definition) is 7. The molecule has 10 nitrogen and oxygen atoms in total. The lowest BCUT2D eigenvalue weighted by Gasteiger charge is -2.54. The molecule has 0 saturated heterocycles. The third kappa shape index (κ3) is 7.53. The number of anilines is 3. The number of carbonyl (C=O) groups is 2. The third-order valence-corrected chi connectivity index (χ3v) is 10.4. The highest BCUT2D eigenvalue weighted by Gasteiger charge is 2.54. The zero-order valence-electron chi connectivity index (χ0n) is 28.7. The standard InChI is InChI=1S/C28H22F3N7O.C11H16O2/c1-17-5-6-19(10-25(17)37-27-33-9-7-24(36-27)20-4-3-8-32-14-20)26(39)35-22-11-21(28(29,30)31)12-23(13-22)38-15-18(2)34-16-38;12-10(13)11-4-7-1-8(5-11)3-9(2-7)6-11/h3-16H,1-2H3,(H,35,39)(H,33,36,37);7-9H,1-6H2,(H,12,13). The van der Waals surface area contributed by atoms with Crippen LogP contribution in [0.15, 0.2) is 85.7 Å². The number of carboxylic acids is 1. The molecule has 4 bridgehead atoms. The summed E-state index contributed by atoms with van der Waals surface area (Å²) in [6.07, 6.45) is 10.3. The molecule has 4 aliphatic carbocycles. The van der Waals surface area contributed by atoms with Crippen LogP contribution in [-0.4, -0.2) is 41.5 Å². The molecule has 5 aromatic rings. The summed E-state index contributed by atoms with van der Waals surface area (Å²) < 4.78 is 42.3. The predicted octanol–water partition coefficient (Wildman–Crippen LogP) is 8.64. The second-order valence-corrected chi connectivity index (χ2v) is 14.3. The fourth-order valence-corrected chi connectivity index (χ4v) is 8.25. The molecule has 52 heavy (non-hydrogen) atoms. The van der Waals surface area contributed by atoms with Gasteiger partial charge in [0.2, 0.25) is 5.95 Å². The highest BCUT2D eigenvalue weighted by Crippen LogP contribution is 2.60. The zero-order valence-corrected chi connectivity index (χ0v) is 28.7. The van der Waals surface area contributed by atoms with Gasteiger partial charge < -0.3 is 20.3 Å². The number of benzene rings is 2. The summed E-state index contributed by atoms with van der Waals surface area (Å²) in [5.74, 6) is 1.49. The van der Waals surface area contributed by atoms with E-state index in [0.29, 0.717) is 23.0 Å². The van der Waals surface area contributed by atoms with Crippen molar-refractivity contribution >= 4 is 29.2 Å². The third-order valence-electron chi connectivity index (χ3n) is 10.4. The van der Waals surface area contributed by atoms with Crippen LogP contribution in [0.2, 0.25) is 0 Å². The Hall–Kier alpha value is -5.59. The molecule has 4 aliphatic rings. The fourth-order valence-electron chi connectivity index (χ4n) is 8.25. The maximum atomic E-state index is 13.6. The number of nitrogens with zero attached hydrogens (tertiary/aromatic N) is 5. The molecule has 4 fully saturated rings. The topological polar surface area (TPSA) is 135 Å². The van der Waals surface area contributed by atoms with E-state index in [1.54, 1.807) is 62.0 Å². The van der Waals surface area contributed by atoms with E-state index in [1.165, 1.54) is 36.2 Å². The van der Waals surface area contributed by atoms with Gasteiger partial charge in [0.1, 0.15) is 0 Å². The summed E-state index contributed by atoms with van der Waals surface area (Å²) in [4.78, 5) is 41.3. The van der Waals surface area contributed by atoms with Gasteiger partial charge in [-0.25, -0.2) is 15.0 Å². The van der Waals surface area contributed by atoms with Crippen LogP contribution < -0.4 is 10.6 Å². The summed E-state index contributed by atoms with van der Waals surface area (Å²) in [6, 6.07) is 13.7. The number of hydrogen-bond donors (Lipinski definition) is 3. The van der Waals surface area contributed by atoms with E-state index in [1.807, 2.05) is 13.0 Å². The molecule has 0 atom stereocenters. The van der Waals surface area contributed by atoms with Gasteiger partial charge in [0, 0.05) is 53.0 Å². The Balaban J connectivity index is 0.000000268. The van der Waals surface area contributed by atoms with Gasteiger partial charge in [0.15, 0.2) is 0 Å². The van der Waals surface area contributed by atoms with Crippen molar-refractivity contribution in [2.45, 2.75) is 58.5 Å². The minimum Gasteiger partial charge on any atom is -0.481 e. The number of pyridine rings is 1. The predicted molar refractivity (Wildman–Crippen MR) is 189 cm³/mol. The normalized spacial score (nSPS) is 21.6. The molecule has 4 saturated carbocycles. The smallest absolute Gasteiger partial charge is 0.416 e. The molecule has 0 spiro atoms. The van der Waals surface area contributed by atoms with E-state index < -0.39 is 23.6 Å². The number of aliphatic carboxylic acids is 1. The Morgan fingerprint density at radius 3 is 2.27 bits per heavy atom. The van der Waals surface area contributed by atoms with Crippen molar-refractivity contribution in [3.8, 4) is 16.9 Å². The van der Waals surface area contributed by atoms with Crippen molar-refractivity contribution in [1.82, 2.24) is 24.5 Å². The van der Waals surface area contributed by atoms with Crippen molar-refractivity contribution < 1.29 is 27.9 Å². The highest BCUT2D eigenvalue weighted by atomic mass is 19.4. The molecule has 3 aromatic heterocycles. The Labute approximate surface area is 298 Å². The number of aromatic nitrogens is 5. The summed E-state index contributed by atoms with van der Waals surface area (Å²) in [5.41, 5.74) is 2.81. The van der Waals surface area contributed by atoms with E-state index in [9.17, 15) is 27.9 Å². The zero-order chi connectivity index (χ0) is 36.6. The Bertz CT molecular complexity index is 2080. The molecule has 13 heteroatoms. The number of nitrogens with one attached hydrogen (secondary N) is 2. The maximum Gasteiger partial charge on any atom is 0.416 e. The van der Waals surface area contributed by atoms with Crippen LogP contribution in [0, 0.1) is 37.0 Å². The van der Waals surface area contributed by atoms with Crippen LogP contribution in [0.3, 0.4) is 0 Å². The number of alkyl halides is 3. The van der Waals surface area contributed by atoms with E-state index in [4.69, 9.17) is 0 Å². The SMILES string of the molecule is Cc1cn(-c2cc(NC(=O)c3ccc(C)c(Nc4nccc(-c5cccnc5)n4)c3)cc(C(F)(F)F)c2)cn1.O=C(O)C12CC3CC(CC(C3)C1)C2. The molecule has 268 valence electrons. The monoisotopic (exact) mass is 709 g/mol. The van der Waals surface area contributed by atoms with Crippen LogP contribution in [0.4, 0.5) is 30.5 Å². The summed E-state index contributed by atoms with van der Waals surface area (Å²) in [6.45, 7) is 3.58. The number of halogens is 3. The van der Waals surface area contributed by atoms with Crippen molar-refractivity contribution in [1.29, 1.82) is 0 Å². The quantitative estimate of drug-likeness (QED) is 0.153. The van der Waals surface area contributed by atoms with Crippen LogP contribution in [0.1, 0.15) is 65.7 Å². The molecule has 3 heterocycles. The van der Waals surface area contributed by atoms with Crippen LogP contribution >= 0.6 is 0 Å². The molecular formula is C39H38F3N7O3. The van der Waals surface area contributed by atoms with Gasteiger partial charge in [-0.3, -0.25) is 14.6 Å². The lowest BCUT2D eigenvalue weighted by molar-refractivity contribution is -0.164. The van der Waals surface area contributed by atoms with Gasteiger partial charge in [-0.1, -0.05) is 6.07 Å². The number of imidazole rings is 1. The summed E-state index contributed by atoms with van der Waals surface area (Å²) in [7, 11) is 0. The Kier molecular flexibility index (Phi) is 9.28. The van der Waals surface area contributed by atoms with E-state index >= 15 is 0 Å². The average molecular weight is 710 g/mol. The number of aryl methyl sites for hydroxylation is 2. The van der Waals surface area contributed by atoms with E-state index in [0.717, 1.165) is 60.3 Å². The molecule has 2 aromatic carbocycles. The van der Waals surface area contributed by atoms with Gasteiger partial charge in [-0.2, -0.15) is 13.2 Å². The summed E-state index contributed by atoms with van der Waals surface area (Å²) in [5, 5.41) is 15.0. The van der Waals surface area contributed by atoms with Crippen LogP contribution in [0.25, 0.3) is 16.9 Å². The number of carboxylic acid groups (broad SMARTS) is 1. The first-order valence-corrected chi connectivity index (χ1v) is 17.2. The minimum absolute atomic E-state index is 0.00114. The van der Waals surface area contributed by atoms with Gasteiger partial charge >= 0.3 is 12.1 Å². The number of rotatable bonds is 7. The van der Waals surface area contributed by atoms with Crippen molar-refractivity contribution in [2.75, 3.05) is 10.6 Å².